The first-order valence-corrected chi connectivity index (χ1v) is 12.4. The smallest absolute Gasteiger partial charge is 0.416 e. The Kier molecular flexibility index (Phi) is 8.30. The molecule has 0 N–H and O–H groups in total. The van der Waals surface area contributed by atoms with Gasteiger partial charge in [-0.05, 0) is 52.1 Å². The lowest BCUT2D eigenvalue weighted by molar-refractivity contribution is -0.140. The van der Waals surface area contributed by atoms with Crippen LogP contribution < -0.4 is 4.74 Å². The average molecular weight is 542 g/mol. The van der Waals surface area contributed by atoms with E-state index in [0.29, 0.717) is 28.9 Å². The van der Waals surface area contributed by atoms with Crippen molar-refractivity contribution in [2.75, 3.05) is 21.3 Å². The fourth-order valence-electron chi connectivity index (χ4n) is 5.19. The monoisotopic (exact) mass is 541 g/mol. The van der Waals surface area contributed by atoms with Gasteiger partial charge in [-0.15, -0.1) is 0 Å². The van der Waals surface area contributed by atoms with Crippen molar-refractivity contribution < 1.29 is 37.0 Å². The summed E-state index contributed by atoms with van der Waals surface area (Å²) in [6.45, 7) is 1.30. The van der Waals surface area contributed by atoms with Gasteiger partial charge in [0, 0.05) is 32.6 Å². The van der Waals surface area contributed by atoms with E-state index in [1.165, 1.54) is 27.2 Å². The molecule has 1 aliphatic rings. The van der Waals surface area contributed by atoms with Crippen molar-refractivity contribution in [1.82, 2.24) is 4.90 Å². The molecule has 1 aliphatic carbocycles. The SMILES string of the molecule is COC(=O)Cc1ccc(OC)c(-c2ccc(C(F)(F)F)cc2CN(C(C)=O)[C@@H]2c3ccccc3C[C@@H]2OC)c1. The molecular formula is C30H30F3NO5. The van der Waals surface area contributed by atoms with Crippen LogP contribution in [-0.2, 0) is 44.6 Å². The Morgan fingerprint density at radius 2 is 1.72 bits per heavy atom. The van der Waals surface area contributed by atoms with Gasteiger partial charge in [0.15, 0.2) is 0 Å². The maximum Gasteiger partial charge on any atom is 0.416 e. The predicted octanol–water partition coefficient (Wildman–Crippen LogP) is 5.76. The fraction of sp³-hybridized carbons (Fsp3) is 0.333. The highest BCUT2D eigenvalue weighted by atomic mass is 19.4. The van der Waals surface area contributed by atoms with Gasteiger partial charge in [0.05, 0.1) is 38.3 Å². The van der Waals surface area contributed by atoms with E-state index in [9.17, 15) is 22.8 Å². The Labute approximate surface area is 225 Å². The topological polar surface area (TPSA) is 65.1 Å². The van der Waals surface area contributed by atoms with E-state index in [0.717, 1.165) is 23.3 Å². The van der Waals surface area contributed by atoms with Crippen LogP contribution in [0.25, 0.3) is 11.1 Å². The molecule has 0 aromatic heterocycles. The summed E-state index contributed by atoms with van der Waals surface area (Å²) < 4.78 is 57.5. The number of carbonyl (C=O) groups excluding carboxylic acids is 2. The fourth-order valence-corrected chi connectivity index (χ4v) is 5.19. The number of benzene rings is 3. The summed E-state index contributed by atoms with van der Waals surface area (Å²) in [5, 5.41) is 0. The van der Waals surface area contributed by atoms with E-state index in [1.54, 1.807) is 30.2 Å². The Bertz CT molecular complexity index is 1370. The molecular weight excluding hydrogens is 511 g/mol. The maximum absolute atomic E-state index is 13.8. The normalized spacial score (nSPS) is 16.5. The molecule has 0 aliphatic heterocycles. The number of rotatable bonds is 8. The third-order valence-electron chi connectivity index (χ3n) is 7.09. The molecule has 3 aromatic carbocycles. The summed E-state index contributed by atoms with van der Waals surface area (Å²) in [6.07, 6.45) is -4.36. The number of methoxy groups -OCH3 is 3. The highest BCUT2D eigenvalue weighted by Gasteiger charge is 2.39. The molecule has 4 rings (SSSR count). The van der Waals surface area contributed by atoms with Gasteiger partial charge in [0.2, 0.25) is 5.91 Å². The predicted molar refractivity (Wildman–Crippen MR) is 139 cm³/mol. The Morgan fingerprint density at radius 1 is 0.974 bits per heavy atom. The zero-order chi connectivity index (χ0) is 28.3. The van der Waals surface area contributed by atoms with Crippen LogP contribution in [0, 0.1) is 0 Å². The van der Waals surface area contributed by atoms with Gasteiger partial charge in [0.1, 0.15) is 5.75 Å². The number of alkyl halides is 3. The summed E-state index contributed by atoms with van der Waals surface area (Å²) >= 11 is 0. The van der Waals surface area contributed by atoms with Crippen LogP contribution in [0.5, 0.6) is 5.75 Å². The number of esters is 1. The summed E-state index contributed by atoms with van der Waals surface area (Å²) in [6, 6.07) is 15.7. The van der Waals surface area contributed by atoms with Crippen LogP contribution in [0.3, 0.4) is 0 Å². The standard InChI is InChI=1S/C30H30F3NO5/c1-18(35)34(29-24-8-6-5-7-20(24)16-27(29)38-3)17-21-15-22(30(31,32)33)10-11-23(21)25-13-19(14-28(36)39-4)9-12-26(25)37-2/h5-13,15,27,29H,14,16-17H2,1-4H3/t27-,29+/m0/s1. The van der Waals surface area contributed by atoms with Crippen LogP contribution in [0.1, 0.15) is 40.8 Å². The number of hydrogen-bond donors (Lipinski definition) is 0. The van der Waals surface area contributed by atoms with Crippen LogP contribution in [0.4, 0.5) is 13.2 Å². The number of fused-ring (bicyclic) bond motifs is 1. The number of carbonyl (C=O) groups is 2. The third-order valence-corrected chi connectivity index (χ3v) is 7.09. The molecule has 3 aromatic rings. The minimum Gasteiger partial charge on any atom is -0.496 e. The summed E-state index contributed by atoms with van der Waals surface area (Å²) in [5.41, 5.74) is 2.96. The van der Waals surface area contributed by atoms with Crippen molar-refractivity contribution in [3.05, 3.63) is 88.5 Å². The molecule has 0 radical (unpaired) electrons. The molecule has 0 bridgehead atoms. The summed E-state index contributed by atoms with van der Waals surface area (Å²) in [7, 11) is 4.31. The molecule has 9 heteroatoms. The van der Waals surface area contributed by atoms with E-state index < -0.39 is 23.8 Å². The van der Waals surface area contributed by atoms with Crippen molar-refractivity contribution >= 4 is 11.9 Å². The van der Waals surface area contributed by atoms with E-state index >= 15 is 0 Å². The molecule has 2 atom stereocenters. The molecule has 0 fully saturated rings. The zero-order valence-corrected chi connectivity index (χ0v) is 22.2. The number of halogens is 3. The Morgan fingerprint density at radius 3 is 2.36 bits per heavy atom. The molecule has 206 valence electrons. The number of ether oxygens (including phenoxy) is 3. The number of hydrogen-bond acceptors (Lipinski definition) is 5. The van der Waals surface area contributed by atoms with Gasteiger partial charge in [-0.1, -0.05) is 36.4 Å². The summed E-state index contributed by atoms with van der Waals surface area (Å²) in [5.74, 6) is -0.333. The van der Waals surface area contributed by atoms with Crippen molar-refractivity contribution in [3.8, 4) is 16.9 Å². The highest BCUT2D eigenvalue weighted by molar-refractivity contribution is 5.79. The lowest BCUT2D eigenvalue weighted by Crippen LogP contribution is -2.38. The quantitative estimate of drug-likeness (QED) is 0.340. The maximum atomic E-state index is 13.8. The Balaban J connectivity index is 1.86. The molecule has 6 nitrogen and oxygen atoms in total. The minimum absolute atomic E-state index is 0.0165. The van der Waals surface area contributed by atoms with Crippen molar-refractivity contribution in [2.45, 2.75) is 44.6 Å². The molecule has 0 heterocycles. The van der Waals surface area contributed by atoms with E-state index in [2.05, 4.69) is 0 Å². The van der Waals surface area contributed by atoms with Crippen molar-refractivity contribution in [1.29, 1.82) is 0 Å². The van der Waals surface area contributed by atoms with E-state index in [-0.39, 0.29) is 30.5 Å². The third kappa shape index (κ3) is 5.93. The van der Waals surface area contributed by atoms with Gasteiger partial charge < -0.3 is 19.1 Å². The van der Waals surface area contributed by atoms with Crippen LogP contribution in [-0.4, -0.2) is 44.2 Å². The number of nitrogens with zero attached hydrogens (tertiary/aromatic N) is 1. The van der Waals surface area contributed by atoms with Crippen molar-refractivity contribution in [3.63, 3.8) is 0 Å². The van der Waals surface area contributed by atoms with E-state index in [1.807, 2.05) is 24.3 Å². The average Bonchev–Trinajstić information content (AvgIpc) is 3.29. The van der Waals surface area contributed by atoms with Crippen LogP contribution in [0.2, 0.25) is 0 Å². The van der Waals surface area contributed by atoms with Gasteiger partial charge in [-0.3, -0.25) is 9.59 Å². The molecule has 0 saturated heterocycles. The second kappa shape index (κ2) is 11.5. The summed E-state index contributed by atoms with van der Waals surface area (Å²) in [4.78, 5) is 26.5. The number of amides is 1. The first kappa shape index (κ1) is 28.2. The second-order valence-corrected chi connectivity index (χ2v) is 9.43. The van der Waals surface area contributed by atoms with Crippen LogP contribution >= 0.6 is 0 Å². The van der Waals surface area contributed by atoms with Gasteiger partial charge >= 0.3 is 12.1 Å². The van der Waals surface area contributed by atoms with Crippen molar-refractivity contribution in [2.24, 2.45) is 0 Å². The lowest BCUT2D eigenvalue weighted by atomic mass is 9.93. The molecule has 0 saturated carbocycles. The van der Waals surface area contributed by atoms with Gasteiger partial charge in [0.25, 0.3) is 0 Å². The molecule has 39 heavy (non-hydrogen) atoms. The molecule has 0 unspecified atom stereocenters. The minimum atomic E-state index is -4.58. The Hall–Kier alpha value is -3.85. The van der Waals surface area contributed by atoms with E-state index in [4.69, 9.17) is 14.2 Å². The zero-order valence-electron chi connectivity index (χ0n) is 22.2. The molecule has 0 spiro atoms. The first-order valence-electron chi connectivity index (χ1n) is 12.4. The van der Waals surface area contributed by atoms with Gasteiger partial charge in [-0.2, -0.15) is 13.2 Å². The lowest BCUT2D eigenvalue weighted by Gasteiger charge is -2.33. The second-order valence-electron chi connectivity index (χ2n) is 9.43. The van der Waals surface area contributed by atoms with Crippen LogP contribution in [0.15, 0.2) is 60.7 Å². The largest absolute Gasteiger partial charge is 0.496 e. The first-order chi connectivity index (χ1) is 18.6. The van der Waals surface area contributed by atoms with Gasteiger partial charge in [-0.25, -0.2) is 0 Å². The highest BCUT2D eigenvalue weighted by Crippen LogP contribution is 2.42. The molecule has 1 amide bonds.